The molecule has 178 valence electrons. The number of hydrogen-bond donors (Lipinski definition) is 2. The third-order valence-corrected chi connectivity index (χ3v) is 5.80. The van der Waals surface area contributed by atoms with E-state index in [1.54, 1.807) is 12.4 Å². The zero-order valence-electron chi connectivity index (χ0n) is 18.4. The molecule has 1 saturated heterocycles. The molecule has 1 fully saturated rings. The van der Waals surface area contributed by atoms with Gasteiger partial charge in [-0.25, -0.2) is 0 Å². The number of benzene rings is 2. The van der Waals surface area contributed by atoms with Crippen LogP contribution in [0.3, 0.4) is 0 Å². The van der Waals surface area contributed by atoms with Crippen LogP contribution in [0, 0.1) is 0 Å². The van der Waals surface area contributed by atoms with E-state index in [2.05, 4.69) is 34.6 Å². The van der Waals surface area contributed by atoms with Crippen molar-refractivity contribution in [2.45, 2.75) is 31.8 Å². The minimum absolute atomic E-state index is 0. The molecule has 0 spiro atoms. The lowest BCUT2D eigenvalue weighted by Gasteiger charge is -2.32. The minimum Gasteiger partial charge on any atom is -0.381 e. The zero-order valence-corrected chi connectivity index (χ0v) is 20.8. The van der Waals surface area contributed by atoms with Gasteiger partial charge < -0.3 is 16.0 Å². The Morgan fingerprint density at radius 2 is 1.64 bits per heavy atom. The summed E-state index contributed by atoms with van der Waals surface area (Å²) in [6.07, 6.45) is 5.54. The molecule has 0 bridgehead atoms. The Balaban J connectivity index is 0.00000181. The van der Waals surface area contributed by atoms with E-state index in [-0.39, 0.29) is 43.1 Å². The van der Waals surface area contributed by atoms with Crippen molar-refractivity contribution < 1.29 is 4.79 Å². The number of hydrogen-bond acceptors (Lipinski definition) is 4. The molecule has 5 nitrogen and oxygen atoms in total. The Morgan fingerprint density at radius 1 is 0.939 bits per heavy atom. The highest BCUT2D eigenvalue weighted by molar-refractivity contribution is 5.95. The van der Waals surface area contributed by atoms with Gasteiger partial charge in [-0.1, -0.05) is 30.3 Å². The molecule has 0 radical (unpaired) electrons. The molecule has 4 rings (SSSR count). The van der Waals surface area contributed by atoms with Crippen molar-refractivity contribution >= 4 is 48.8 Å². The fraction of sp³-hybridized carbons (Fsp3) is 0.280. The third kappa shape index (κ3) is 7.61. The van der Waals surface area contributed by atoms with Crippen LogP contribution in [0.4, 0.5) is 5.69 Å². The molecular weight excluding hydrogens is 479 g/mol. The number of amides is 1. The van der Waals surface area contributed by atoms with Gasteiger partial charge in [-0.15, -0.1) is 37.2 Å². The van der Waals surface area contributed by atoms with E-state index in [0.717, 1.165) is 42.7 Å². The van der Waals surface area contributed by atoms with Crippen LogP contribution in [0.2, 0.25) is 0 Å². The Kier molecular flexibility index (Phi) is 12.2. The van der Waals surface area contributed by atoms with Gasteiger partial charge in [0.15, 0.2) is 0 Å². The molecule has 33 heavy (non-hydrogen) atoms. The summed E-state index contributed by atoms with van der Waals surface area (Å²) in [5, 5.41) is 3.39. The van der Waals surface area contributed by atoms with E-state index in [1.807, 2.05) is 41.3 Å². The lowest BCUT2D eigenvalue weighted by atomic mass is 9.88. The van der Waals surface area contributed by atoms with Gasteiger partial charge in [0.05, 0.1) is 0 Å². The maximum absolute atomic E-state index is 13.0. The van der Waals surface area contributed by atoms with E-state index in [0.29, 0.717) is 19.0 Å². The van der Waals surface area contributed by atoms with Crippen molar-refractivity contribution in [1.82, 2.24) is 9.88 Å². The molecule has 1 aliphatic rings. The number of halogens is 3. The molecule has 0 atom stereocenters. The summed E-state index contributed by atoms with van der Waals surface area (Å²) in [6, 6.07) is 20.3. The molecule has 0 aliphatic carbocycles. The lowest BCUT2D eigenvalue weighted by molar-refractivity contribution is 0.0713. The van der Waals surface area contributed by atoms with Crippen molar-refractivity contribution in [2.75, 3.05) is 18.4 Å². The smallest absolute Gasteiger partial charge is 0.253 e. The first-order valence-corrected chi connectivity index (χ1v) is 10.5. The van der Waals surface area contributed by atoms with Crippen molar-refractivity contribution in [2.24, 2.45) is 5.73 Å². The highest BCUT2D eigenvalue weighted by Gasteiger charge is 2.24. The number of aromatic nitrogens is 1. The summed E-state index contributed by atoms with van der Waals surface area (Å²) in [7, 11) is 0. The van der Waals surface area contributed by atoms with Crippen LogP contribution in [0.1, 0.15) is 45.8 Å². The Labute approximate surface area is 214 Å². The van der Waals surface area contributed by atoms with Crippen LogP contribution in [0.5, 0.6) is 0 Å². The number of piperidine rings is 1. The molecular formula is C25H31Cl3N4O. The summed E-state index contributed by atoms with van der Waals surface area (Å²) in [6.45, 7) is 2.83. The number of anilines is 1. The normalized spacial score (nSPS) is 13.2. The van der Waals surface area contributed by atoms with Crippen LogP contribution >= 0.6 is 37.2 Å². The second-order valence-electron chi connectivity index (χ2n) is 7.81. The monoisotopic (exact) mass is 508 g/mol. The van der Waals surface area contributed by atoms with E-state index in [1.165, 1.54) is 11.1 Å². The fourth-order valence-corrected chi connectivity index (χ4v) is 4.04. The van der Waals surface area contributed by atoms with Gasteiger partial charge in [0.2, 0.25) is 0 Å². The molecule has 2 aromatic carbocycles. The average Bonchev–Trinajstić information content (AvgIpc) is 2.83. The van der Waals surface area contributed by atoms with Crippen molar-refractivity contribution in [3.63, 3.8) is 0 Å². The second-order valence-corrected chi connectivity index (χ2v) is 7.81. The summed E-state index contributed by atoms with van der Waals surface area (Å²) >= 11 is 0. The van der Waals surface area contributed by atoms with Crippen LogP contribution in [-0.2, 0) is 13.1 Å². The van der Waals surface area contributed by atoms with Gasteiger partial charge in [0.25, 0.3) is 5.91 Å². The summed E-state index contributed by atoms with van der Waals surface area (Å²) in [4.78, 5) is 19.1. The van der Waals surface area contributed by atoms with Gasteiger partial charge in [-0.3, -0.25) is 9.78 Å². The number of carbonyl (C=O) groups is 1. The SMILES string of the molecule is Cl.Cl.Cl.NCc1cccc(C2CCN(C(=O)c3cccc(NCc4ccncc4)c3)CC2)c1. The quantitative estimate of drug-likeness (QED) is 0.464. The zero-order chi connectivity index (χ0) is 20.8. The largest absolute Gasteiger partial charge is 0.381 e. The molecule has 1 aliphatic heterocycles. The van der Waals surface area contributed by atoms with Gasteiger partial charge in [0.1, 0.15) is 0 Å². The Bertz CT molecular complexity index is 996. The minimum atomic E-state index is 0. The Morgan fingerprint density at radius 3 is 2.33 bits per heavy atom. The first-order valence-electron chi connectivity index (χ1n) is 10.5. The van der Waals surface area contributed by atoms with Gasteiger partial charge in [0, 0.05) is 49.8 Å². The highest BCUT2D eigenvalue weighted by Crippen LogP contribution is 2.29. The van der Waals surface area contributed by atoms with Gasteiger partial charge in [-0.2, -0.15) is 0 Å². The number of nitrogens with zero attached hydrogens (tertiary/aromatic N) is 2. The van der Waals surface area contributed by atoms with Crippen molar-refractivity contribution in [3.8, 4) is 0 Å². The van der Waals surface area contributed by atoms with E-state index in [4.69, 9.17) is 5.73 Å². The molecule has 0 saturated carbocycles. The number of pyridine rings is 1. The van der Waals surface area contributed by atoms with E-state index >= 15 is 0 Å². The predicted octanol–water partition coefficient (Wildman–Crippen LogP) is 5.44. The van der Waals surface area contributed by atoms with Crippen molar-refractivity contribution in [3.05, 3.63) is 95.3 Å². The Hall–Kier alpha value is -2.31. The first-order chi connectivity index (χ1) is 14.7. The maximum atomic E-state index is 13.0. The van der Waals surface area contributed by atoms with E-state index < -0.39 is 0 Å². The summed E-state index contributed by atoms with van der Waals surface area (Å²) in [5.41, 5.74) is 11.1. The van der Waals surface area contributed by atoms with Crippen LogP contribution in [-0.4, -0.2) is 28.9 Å². The standard InChI is InChI=1S/C25H28N4O.3ClH/c26-17-20-3-1-4-22(15-20)21-9-13-29(14-10-21)25(30)23-5-2-6-24(16-23)28-18-19-7-11-27-12-8-19;;;/h1-8,11-12,15-16,21,28H,9-10,13-14,17-18,26H2;3*1H. The first kappa shape index (κ1) is 28.7. The van der Waals surface area contributed by atoms with Gasteiger partial charge in [-0.05, 0) is 65.8 Å². The van der Waals surface area contributed by atoms with Crippen LogP contribution in [0.25, 0.3) is 0 Å². The molecule has 1 aromatic heterocycles. The lowest BCUT2D eigenvalue weighted by Crippen LogP contribution is -2.37. The second kappa shape index (κ2) is 14.1. The molecule has 8 heteroatoms. The fourth-order valence-electron chi connectivity index (χ4n) is 4.04. The topological polar surface area (TPSA) is 71.2 Å². The number of carbonyl (C=O) groups excluding carboxylic acids is 1. The van der Waals surface area contributed by atoms with E-state index in [9.17, 15) is 4.79 Å². The average molecular weight is 510 g/mol. The number of likely N-dealkylation sites (tertiary alicyclic amines) is 1. The summed E-state index contributed by atoms with van der Waals surface area (Å²) < 4.78 is 0. The number of nitrogens with one attached hydrogen (secondary N) is 1. The maximum Gasteiger partial charge on any atom is 0.253 e. The number of nitrogens with two attached hydrogens (primary N) is 1. The molecule has 2 heterocycles. The highest BCUT2D eigenvalue weighted by atomic mass is 35.5. The molecule has 3 N–H and O–H groups in total. The van der Waals surface area contributed by atoms with Crippen LogP contribution in [0.15, 0.2) is 73.1 Å². The predicted molar refractivity (Wildman–Crippen MR) is 142 cm³/mol. The van der Waals surface area contributed by atoms with Gasteiger partial charge >= 0.3 is 0 Å². The molecule has 0 unspecified atom stereocenters. The van der Waals surface area contributed by atoms with Crippen LogP contribution < -0.4 is 11.1 Å². The summed E-state index contributed by atoms with van der Waals surface area (Å²) in [5.74, 6) is 0.602. The number of rotatable bonds is 6. The molecule has 3 aromatic rings. The third-order valence-electron chi connectivity index (χ3n) is 5.80. The van der Waals surface area contributed by atoms with Crippen molar-refractivity contribution in [1.29, 1.82) is 0 Å². The molecule has 1 amide bonds.